The number of aliphatic imine (C=N–C) groups is 1. The number of amidine groups is 1. The van der Waals surface area contributed by atoms with Crippen LogP contribution in [0.4, 0.5) is 10.1 Å². The summed E-state index contributed by atoms with van der Waals surface area (Å²) in [5, 5.41) is 2.85. The number of fused-ring (bicyclic) bond motifs is 1. The van der Waals surface area contributed by atoms with E-state index in [1.165, 1.54) is 49.5 Å². The van der Waals surface area contributed by atoms with Gasteiger partial charge in [0.05, 0.1) is 37.0 Å². The standard InChI is InChI=1S/C26H24FN3O6S.BrH/c1-5-36-25(33)21-14(2)28-26-30(22(21)17-7-6-8-18(34-3)23(17)35-4)20(31)13-19(37-26)24(32)29-16-11-9-15(27)10-12-16;/h6-13,22H,5H2,1-4H3,(H,29,32);1H. The molecular weight excluding hydrogens is 581 g/mol. The summed E-state index contributed by atoms with van der Waals surface area (Å²) < 4.78 is 29.5. The first-order chi connectivity index (χ1) is 17.8. The van der Waals surface area contributed by atoms with Crippen molar-refractivity contribution < 1.29 is 33.0 Å². The zero-order valence-electron chi connectivity index (χ0n) is 20.9. The molecule has 2 amide bonds. The molecule has 2 heterocycles. The van der Waals surface area contributed by atoms with Crippen molar-refractivity contribution in [1.29, 1.82) is 0 Å². The number of nitrogens with zero attached hydrogens (tertiary/aromatic N) is 2. The van der Waals surface area contributed by atoms with Gasteiger partial charge in [-0.1, -0.05) is 12.1 Å². The van der Waals surface area contributed by atoms with Crippen molar-refractivity contribution >= 4 is 57.4 Å². The van der Waals surface area contributed by atoms with Gasteiger partial charge in [-0.2, -0.15) is 0 Å². The van der Waals surface area contributed by atoms with Gasteiger partial charge in [0.1, 0.15) is 11.9 Å². The number of ether oxygens (including phenoxy) is 3. The Hall–Kier alpha value is -3.64. The van der Waals surface area contributed by atoms with Gasteiger partial charge in [0, 0.05) is 17.3 Å². The van der Waals surface area contributed by atoms with Gasteiger partial charge in [-0.15, -0.1) is 17.0 Å². The molecule has 2 aromatic rings. The van der Waals surface area contributed by atoms with Crippen LogP contribution in [0.3, 0.4) is 0 Å². The minimum absolute atomic E-state index is 0. The van der Waals surface area contributed by atoms with Crippen LogP contribution in [0.5, 0.6) is 11.5 Å². The van der Waals surface area contributed by atoms with E-state index in [2.05, 4.69) is 10.3 Å². The van der Waals surface area contributed by atoms with Crippen LogP contribution < -0.4 is 14.8 Å². The zero-order chi connectivity index (χ0) is 26.7. The Bertz CT molecular complexity index is 1360. The number of carbonyl (C=O) groups excluding carboxylic acids is 3. The van der Waals surface area contributed by atoms with Crippen LogP contribution in [0.2, 0.25) is 0 Å². The van der Waals surface area contributed by atoms with Crippen LogP contribution in [-0.4, -0.2) is 48.7 Å². The number of methoxy groups -OCH3 is 2. The second-order valence-electron chi connectivity index (χ2n) is 7.88. The summed E-state index contributed by atoms with van der Waals surface area (Å²) in [7, 11) is 2.95. The number of allylic oxidation sites excluding steroid dienone is 1. The van der Waals surface area contributed by atoms with Gasteiger partial charge in [0.15, 0.2) is 16.7 Å². The first kappa shape index (κ1) is 28.9. The van der Waals surface area contributed by atoms with Gasteiger partial charge >= 0.3 is 5.97 Å². The van der Waals surface area contributed by atoms with Crippen molar-refractivity contribution in [3.63, 3.8) is 0 Å². The summed E-state index contributed by atoms with van der Waals surface area (Å²) in [6.45, 7) is 3.45. The third kappa shape index (κ3) is 5.60. The minimum atomic E-state index is -0.949. The fraction of sp³-hybridized carbons (Fsp3) is 0.231. The predicted molar refractivity (Wildman–Crippen MR) is 147 cm³/mol. The van der Waals surface area contributed by atoms with Crippen LogP contribution in [0.25, 0.3) is 0 Å². The van der Waals surface area contributed by atoms with E-state index in [0.717, 1.165) is 11.8 Å². The molecule has 0 spiro atoms. The van der Waals surface area contributed by atoms with E-state index in [1.807, 2.05) is 0 Å². The summed E-state index contributed by atoms with van der Waals surface area (Å²) in [6, 6.07) is 9.45. The maximum atomic E-state index is 13.5. The molecule has 0 bridgehead atoms. The lowest BCUT2D eigenvalue weighted by Gasteiger charge is -2.38. The van der Waals surface area contributed by atoms with E-state index < -0.39 is 29.6 Å². The van der Waals surface area contributed by atoms with Crippen molar-refractivity contribution in [2.45, 2.75) is 19.9 Å². The topological polar surface area (TPSA) is 107 Å². The van der Waals surface area contributed by atoms with Gasteiger partial charge in [-0.25, -0.2) is 14.2 Å². The molecule has 1 N–H and O–H groups in total. The number of esters is 1. The van der Waals surface area contributed by atoms with Crippen LogP contribution in [0.1, 0.15) is 25.5 Å². The summed E-state index contributed by atoms with van der Waals surface area (Å²) >= 11 is 0.974. The van der Waals surface area contributed by atoms with Gasteiger partial charge in [-0.3, -0.25) is 14.5 Å². The molecule has 12 heteroatoms. The molecule has 2 aliphatic rings. The van der Waals surface area contributed by atoms with Crippen molar-refractivity contribution in [3.05, 3.63) is 76.1 Å². The summed E-state index contributed by atoms with van der Waals surface area (Å²) in [6.07, 6.45) is 1.17. The van der Waals surface area contributed by atoms with Crippen molar-refractivity contribution in [3.8, 4) is 11.5 Å². The van der Waals surface area contributed by atoms with E-state index >= 15 is 0 Å². The smallest absolute Gasteiger partial charge is 0.338 e. The van der Waals surface area contributed by atoms with E-state index in [9.17, 15) is 18.8 Å². The van der Waals surface area contributed by atoms with E-state index in [0.29, 0.717) is 28.4 Å². The lowest BCUT2D eigenvalue weighted by molar-refractivity contribution is -0.139. The lowest BCUT2D eigenvalue weighted by Crippen LogP contribution is -2.45. The summed E-state index contributed by atoms with van der Waals surface area (Å²) in [5.41, 5.74) is 1.35. The molecule has 0 aliphatic carbocycles. The largest absolute Gasteiger partial charge is 0.493 e. The van der Waals surface area contributed by atoms with Crippen molar-refractivity contribution in [2.24, 2.45) is 4.99 Å². The monoisotopic (exact) mass is 605 g/mol. The molecule has 0 saturated heterocycles. The molecule has 0 saturated carbocycles. The van der Waals surface area contributed by atoms with Crippen LogP contribution in [0, 0.1) is 5.82 Å². The Morgan fingerprint density at radius 3 is 2.47 bits per heavy atom. The highest BCUT2D eigenvalue weighted by atomic mass is 79.9. The summed E-state index contributed by atoms with van der Waals surface area (Å²) in [5.74, 6) is -1.43. The molecule has 38 heavy (non-hydrogen) atoms. The predicted octanol–water partition coefficient (Wildman–Crippen LogP) is 4.77. The minimum Gasteiger partial charge on any atom is -0.493 e. The van der Waals surface area contributed by atoms with Crippen LogP contribution in [-0.2, 0) is 19.1 Å². The third-order valence-corrected chi connectivity index (χ3v) is 6.63. The SMILES string of the molecule is Br.CCOC(=O)C1=C(C)N=C2SC(C(=O)Nc3ccc(F)cc3)=CC(=O)N2C1c1cccc(OC)c1OC. The molecule has 0 aromatic heterocycles. The molecule has 0 radical (unpaired) electrons. The Morgan fingerprint density at radius 2 is 1.84 bits per heavy atom. The van der Waals surface area contributed by atoms with Gasteiger partial charge in [0.2, 0.25) is 0 Å². The molecule has 1 atom stereocenters. The summed E-state index contributed by atoms with van der Waals surface area (Å²) in [4.78, 5) is 45.4. The number of carbonyl (C=O) groups is 3. The Morgan fingerprint density at radius 1 is 1.13 bits per heavy atom. The van der Waals surface area contributed by atoms with Gasteiger partial charge in [-0.05, 0) is 55.9 Å². The average molecular weight is 606 g/mol. The average Bonchev–Trinajstić information content (AvgIpc) is 2.88. The number of hydrogen-bond donors (Lipinski definition) is 1. The second-order valence-corrected chi connectivity index (χ2v) is 8.89. The van der Waals surface area contributed by atoms with E-state index in [4.69, 9.17) is 14.2 Å². The Kier molecular flexibility index (Phi) is 9.34. The number of benzene rings is 2. The second kappa shape index (κ2) is 12.3. The first-order valence-corrected chi connectivity index (χ1v) is 12.1. The normalized spacial score (nSPS) is 16.5. The molecule has 200 valence electrons. The van der Waals surface area contributed by atoms with Gasteiger partial charge < -0.3 is 19.5 Å². The van der Waals surface area contributed by atoms with Crippen LogP contribution in [0.15, 0.2) is 69.7 Å². The lowest BCUT2D eigenvalue weighted by atomic mass is 9.93. The van der Waals surface area contributed by atoms with Gasteiger partial charge in [0.25, 0.3) is 11.8 Å². The molecule has 1 unspecified atom stereocenters. The van der Waals surface area contributed by atoms with Crippen LogP contribution >= 0.6 is 28.7 Å². The molecule has 4 rings (SSSR count). The molecule has 2 aliphatic heterocycles. The zero-order valence-corrected chi connectivity index (χ0v) is 23.5. The number of nitrogens with one attached hydrogen (secondary N) is 1. The number of anilines is 1. The highest BCUT2D eigenvalue weighted by Gasteiger charge is 2.44. The Balaban J connectivity index is 0.00000400. The van der Waals surface area contributed by atoms with E-state index in [1.54, 1.807) is 32.0 Å². The Labute approximate surface area is 233 Å². The maximum Gasteiger partial charge on any atom is 0.338 e. The first-order valence-electron chi connectivity index (χ1n) is 11.3. The fourth-order valence-electron chi connectivity index (χ4n) is 4.03. The number of halogens is 2. The number of para-hydroxylation sites is 1. The van der Waals surface area contributed by atoms with Crippen molar-refractivity contribution in [1.82, 2.24) is 4.90 Å². The number of hydrogen-bond acceptors (Lipinski definition) is 8. The maximum absolute atomic E-state index is 13.5. The number of amides is 2. The number of thioether (sulfide) groups is 1. The highest BCUT2D eigenvalue weighted by molar-refractivity contribution is 8.93. The number of rotatable bonds is 7. The fourth-order valence-corrected chi connectivity index (χ4v) is 5.00. The highest BCUT2D eigenvalue weighted by Crippen LogP contribution is 2.46. The quantitative estimate of drug-likeness (QED) is 0.453. The van der Waals surface area contributed by atoms with Crippen molar-refractivity contribution in [2.75, 3.05) is 26.1 Å². The molecule has 9 nitrogen and oxygen atoms in total. The third-order valence-electron chi connectivity index (χ3n) is 5.63. The van der Waals surface area contributed by atoms with E-state index in [-0.39, 0.29) is 39.2 Å². The molecule has 0 fully saturated rings. The molecular formula is C26H25BrFN3O6S. The molecule has 2 aromatic carbocycles.